The molecule has 1 saturated heterocycles. The minimum Gasteiger partial charge on any atom is -0.494 e. The monoisotopic (exact) mass is 392 g/mol. The fourth-order valence-electron chi connectivity index (χ4n) is 4.37. The second-order valence-electron chi connectivity index (χ2n) is 7.59. The Labute approximate surface area is 168 Å². The summed E-state index contributed by atoms with van der Waals surface area (Å²) in [6.07, 6.45) is 6.07. The van der Waals surface area contributed by atoms with E-state index in [4.69, 9.17) is 20.6 Å². The van der Waals surface area contributed by atoms with E-state index in [0.717, 1.165) is 36.3 Å². The summed E-state index contributed by atoms with van der Waals surface area (Å²) in [7, 11) is 3.57. The molecule has 29 heavy (non-hydrogen) atoms. The van der Waals surface area contributed by atoms with Gasteiger partial charge in [0.1, 0.15) is 11.3 Å². The first kappa shape index (κ1) is 17.7. The summed E-state index contributed by atoms with van der Waals surface area (Å²) < 4.78 is 8.93. The minimum absolute atomic E-state index is 0.198. The molecule has 0 aliphatic carbocycles. The van der Waals surface area contributed by atoms with E-state index in [2.05, 4.69) is 28.1 Å². The molecule has 1 aliphatic heterocycles. The molecule has 4 heterocycles. The number of methoxy groups -OCH3 is 1. The molecule has 1 aliphatic rings. The molecule has 9 nitrogen and oxygen atoms in total. The predicted octanol–water partition coefficient (Wildman–Crippen LogP) is 2.37. The number of aryl methyl sites for hydroxylation is 1. The lowest BCUT2D eigenvalue weighted by molar-refractivity contribution is 0.408. The van der Waals surface area contributed by atoms with Crippen molar-refractivity contribution in [3.8, 4) is 5.75 Å². The highest BCUT2D eigenvalue weighted by atomic mass is 16.5. The van der Waals surface area contributed by atoms with Crippen LogP contribution in [0.15, 0.2) is 30.6 Å². The molecule has 1 aromatic carbocycles. The Morgan fingerprint density at radius 3 is 2.86 bits per heavy atom. The largest absolute Gasteiger partial charge is 0.494 e. The molecule has 3 aromatic heterocycles. The number of aromatic nitrogens is 6. The van der Waals surface area contributed by atoms with Crippen molar-refractivity contribution in [1.29, 1.82) is 0 Å². The third-order valence-electron chi connectivity index (χ3n) is 5.87. The molecule has 150 valence electrons. The van der Waals surface area contributed by atoms with Crippen LogP contribution in [0.3, 0.4) is 0 Å². The van der Waals surface area contributed by atoms with Crippen LogP contribution in [0.5, 0.6) is 5.75 Å². The van der Waals surface area contributed by atoms with E-state index >= 15 is 0 Å². The Bertz CT molecular complexity index is 1200. The van der Waals surface area contributed by atoms with E-state index in [1.807, 2.05) is 36.1 Å². The summed E-state index contributed by atoms with van der Waals surface area (Å²) in [6, 6.07) is 6.03. The number of hydrogen-bond donors (Lipinski definition) is 1. The van der Waals surface area contributed by atoms with Crippen molar-refractivity contribution in [3.63, 3.8) is 0 Å². The smallest absolute Gasteiger partial charge is 0.223 e. The molecule has 2 N–H and O–H groups in total. The quantitative estimate of drug-likeness (QED) is 0.571. The van der Waals surface area contributed by atoms with Gasteiger partial charge < -0.3 is 15.4 Å². The maximum Gasteiger partial charge on any atom is 0.223 e. The van der Waals surface area contributed by atoms with Crippen LogP contribution >= 0.6 is 0 Å². The maximum atomic E-state index is 6.22. The van der Waals surface area contributed by atoms with Crippen LogP contribution in [0.2, 0.25) is 0 Å². The molecule has 0 saturated carbocycles. The van der Waals surface area contributed by atoms with Gasteiger partial charge in [0.15, 0.2) is 11.5 Å². The number of anilines is 2. The first-order valence-corrected chi connectivity index (χ1v) is 9.81. The molecule has 9 heteroatoms. The van der Waals surface area contributed by atoms with E-state index in [-0.39, 0.29) is 12.0 Å². The Hall–Kier alpha value is -3.36. The van der Waals surface area contributed by atoms with Gasteiger partial charge in [-0.25, -0.2) is 9.97 Å². The van der Waals surface area contributed by atoms with Crippen LogP contribution in [0.25, 0.3) is 16.6 Å². The van der Waals surface area contributed by atoms with Gasteiger partial charge in [-0.3, -0.25) is 4.68 Å². The van der Waals surface area contributed by atoms with Crippen LogP contribution in [0, 0.1) is 0 Å². The Kier molecular flexibility index (Phi) is 4.04. The zero-order valence-corrected chi connectivity index (χ0v) is 16.8. The van der Waals surface area contributed by atoms with Gasteiger partial charge in [0.25, 0.3) is 0 Å². The lowest BCUT2D eigenvalue weighted by Gasteiger charge is -2.39. The second-order valence-corrected chi connectivity index (χ2v) is 7.59. The number of nitrogens with two attached hydrogens (primary N) is 1. The zero-order valence-electron chi connectivity index (χ0n) is 16.8. The van der Waals surface area contributed by atoms with Gasteiger partial charge in [-0.15, -0.1) is 5.10 Å². The van der Waals surface area contributed by atoms with E-state index in [9.17, 15) is 0 Å². The Morgan fingerprint density at radius 2 is 2.10 bits per heavy atom. The number of rotatable bonds is 3. The topological polar surface area (TPSA) is 99.4 Å². The number of para-hydroxylation sites is 1. The highest BCUT2D eigenvalue weighted by Gasteiger charge is 2.33. The molecular formula is C20H24N8O. The fraction of sp³-hybridized carbons (Fsp3) is 0.400. The summed E-state index contributed by atoms with van der Waals surface area (Å²) in [4.78, 5) is 11.8. The van der Waals surface area contributed by atoms with Crippen LogP contribution in [0.1, 0.15) is 31.5 Å². The highest BCUT2D eigenvalue weighted by molar-refractivity contribution is 5.95. The van der Waals surface area contributed by atoms with Crippen molar-refractivity contribution in [2.24, 2.45) is 7.05 Å². The first-order valence-electron chi connectivity index (χ1n) is 9.81. The van der Waals surface area contributed by atoms with E-state index < -0.39 is 0 Å². The minimum atomic E-state index is 0.198. The van der Waals surface area contributed by atoms with Crippen molar-refractivity contribution < 1.29 is 4.74 Å². The average molecular weight is 392 g/mol. The number of nitrogens with zero attached hydrogens (tertiary/aromatic N) is 7. The molecule has 4 aromatic rings. The summed E-state index contributed by atoms with van der Waals surface area (Å²) in [5, 5.41) is 9.96. The number of hydrogen-bond acceptors (Lipinski definition) is 7. The lowest BCUT2D eigenvalue weighted by atomic mass is 9.89. The molecule has 0 radical (unpaired) electrons. The molecule has 1 fully saturated rings. The summed E-state index contributed by atoms with van der Waals surface area (Å²) in [5.41, 5.74) is 8.76. The molecule has 0 amide bonds. The third kappa shape index (κ3) is 2.76. The van der Waals surface area contributed by atoms with Crippen LogP contribution in [0.4, 0.5) is 11.6 Å². The molecular weight excluding hydrogens is 368 g/mol. The Balaban J connectivity index is 1.59. The van der Waals surface area contributed by atoms with Crippen molar-refractivity contribution in [2.75, 3.05) is 24.3 Å². The second kappa shape index (κ2) is 6.61. The molecule has 0 bridgehead atoms. The van der Waals surface area contributed by atoms with Crippen molar-refractivity contribution in [3.05, 3.63) is 36.4 Å². The van der Waals surface area contributed by atoms with Gasteiger partial charge in [0.2, 0.25) is 5.95 Å². The summed E-state index contributed by atoms with van der Waals surface area (Å²) >= 11 is 0. The van der Waals surface area contributed by atoms with Crippen LogP contribution in [-0.4, -0.2) is 49.1 Å². The predicted molar refractivity (Wildman–Crippen MR) is 111 cm³/mol. The van der Waals surface area contributed by atoms with Gasteiger partial charge in [0.05, 0.1) is 19.0 Å². The number of nitrogen functional groups attached to an aromatic ring is 1. The maximum absolute atomic E-state index is 6.22. The van der Waals surface area contributed by atoms with E-state index in [0.29, 0.717) is 22.9 Å². The molecule has 0 spiro atoms. The van der Waals surface area contributed by atoms with Crippen LogP contribution in [-0.2, 0) is 7.05 Å². The number of ether oxygens (including phenoxy) is 1. The lowest BCUT2D eigenvalue weighted by Crippen LogP contribution is -2.42. The first-order chi connectivity index (χ1) is 14.1. The standard InChI is InChI=1S/C20H24N8O/c1-12-14(7-5-9-27(12)13-10-22-26(2)11-13)18-24-19-15-6-4-8-16(29-3)17(15)23-20(21)28(19)25-18/h4,6,8,10-12,14H,5,7,9H2,1-3H3,(H2,21,23)/t12-,14?/m1/s1. The van der Waals surface area contributed by atoms with Gasteiger partial charge >= 0.3 is 0 Å². The van der Waals surface area contributed by atoms with Crippen molar-refractivity contribution >= 4 is 28.2 Å². The number of benzene rings is 1. The third-order valence-corrected chi connectivity index (χ3v) is 5.87. The SMILES string of the molecule is COc1cccc2c1nc(N)n1nc(C3CCCN(c4cnn(C)c4)[C@@H]3C)nc21. The Morgan fingerprint density at radius 1 is 1.24 bits per heavy atom. The number of piperidine rings is 1. The average Bonchev–Trinajstić information content (AvgIpc) is 3.35. The molecule has 5 rings (SSSR count). The number of fused-ring (bicyclic) bond motifs is 3. The van der Waals surface area contributed by atoms with Gasteiger partial charge in [-0.2, -0.15) is 9.61 Å². The van der Waals surface area contributed by atoms with E-state index in [1.54, 1.807) is 11.6 Å². The highest BCUT2D eigenvalue weighted by Crippen LogP contribution is 2.35. The summed E-state index contributed by atoms with van der Waals surface area (Å²) in [5.74, 6) is 1.98. The zero-order chi connectivity index (χ0) is 20.1. The fourth-order valence-corrected chi connectivity index (χ4v) is 4.37. The van der Waals surface area contributed by atoms with Crippen molar-refractivity contribution in [2.45, 2.75) is 31.7 Å². The van der Waals surface area contributed by atoms with Gasteiger partial charge in [0, 0.05) is 37.1 Å². The van der Waals surface area contributed by atoms with Gasteiger partial charge in [-0.05, 0) is 31.9 Å². The molecule has 1 unspecified atom stereocenters. The van der Waals surface area contributed by atoms with Gasteiger partial charge in [-0.1, -0.05) is 6.07 Å². The van der Waals surface area contributed by atoms with Crippen LogP contribution < -0.4 is 15.4 Å². The van der Waals surface area contributed by atoms with Crippen molar-refractivity contribution in [1.82, 2.24) is 29.4 Å². The van der Waals surface area contributed by atoms with E-state index in [1.165, 1.54) is 0 Å². The molecule has 2 atom stereocenters. The summed E-state index contributed by atoms with van der Waals surface area (Å²) in [6.45, 7) is 3.23. The normalized spacial score (nSPS) is 19.9.